The predicted molar refractivity (Wildman–Crippen MR) is 121 cm³/mol. The molecular weight excluding hydrogens is 502 g/mol. The molecular formula is C21H30BrNO8Si. The molecule has 0 aliphatic carbocycles. The summed E-state index contributed by atoms with van der Waals surface area (Å²) in [6.45, 7) is 10.6. The molecule has 1 aliphatic heterocycles. The van der Waals surface area contributed by atoms with E-state index in [9.17, 15) is 19.2 Å². The van der Waals surface area contributed by atoms with E-state index in [2.05, 4.69) is 49.8 Å². The van der Waals surface area contributed by atoms with Gasteiger partial charge in [0.25, 0.3) is 0 Å². The lowest BCUT2D eigenvalue weighted by atomic mass is 9.81. The molecule has 0 saturated carbocycles. The maximum absolute atomic E-state index is 13.4. The van der Waals surface area contributed by atoms with Crippen LogP contribution in [0.2, 0.25) is 18.1 Å². The normalized spacial score (nSPS) is 18.5. The average Bonchev–Trinajstić information content (AvgIpc) is 3.18. The molecule has 0 amide bonds. The standard InChI is InChI=1S/C21H30BrNO8Si/c1-21(2,3)32(7,8)31-10-13-11(22)9-12-14(16(19(26)29-5)20(27)30-6)15(18(25)28-4)17(24)23(12)13/h9,14-16H,10H2,1-8H3/t14?,15-/m0/s1. The van der Waals surface area contributed by atoms with Crippen LogP contribution in [0.4, 0.5) is 0 Å². The molecule has 1 aliphatic rings. The van der Waals surface area contributed by atoms with E-state index in [1.54, 1.807) is 6.07 Å². The zero-order valence-corrected chi connectivity index (χ0v) is 22.2. The van der Waals surface area contributed by atoms with Crippen LogP contribution in [-0.4, -0.2) is 58.0 Å². The van der Waals surface area contributed by atoms with Crippen molar-refractivity contribution in [2.45, 2.75) is 51.4 Å². The molecule has 2 rings (SSSR count). The summed E-state index contributed by atoms with van der Waals surface area (Å²) in [7, 11) is 1.23. The Hall–Kier alpha value is -1.98. The van der Waals surface area contributed by atoms with Crippen LogP contribution in [-0.2, 0) is 39.6 Å². The van der Waals surface area contributed by atoms with E-state index in [-0.39, 0.29) is 11.6 Å². The molecule has 9 nitrogen and oxygen atoms in total. The Balaban J connectivity index is 2.61. The Morgan fingerprint density at radius 3 is 2.06 bits per heavy atom. The van der Waals surface area contributed by atoms with Crippen molar-refractivity contribution in [2.24, 2.45) is 11.8 Å². The second-order valence-corrected chi connectivity index (χ2v) is 14.8. The van der Waals surface area contributed by atoms with Crippen molar-refractivity contribution in [1.82, 2.24) is 4.57 Å². The number of esters is 3. The third-order valence-electron chi connectivity index (χ3n) is 6.37. The zero-order valence-electron chi connectivity index (χ0n) is 19.6. The lowest BCUT2D eigenvalue weighted by molar-refractivity contribution is -0.161. The van der Waals surface area contributed by atoms with Crippen LogP contribution in [0, 0.1) is 11.8 Å². The van der Waals surface area contributed by atoms with Gasteiger partial charge in [0.2, 0.25) is 5.91 Å². The van der Waals surface area contributed by atoms with Crippen molar-refractivity contribution >= 4 is 48.1 Å². The van der Waals surface area contributed by atoms with Crippen molar-refractivity contribution in [3.8, 4) is 0 Å². The number of aromatic nitrogens is 1. The first-order chi connectivity index (χ1) is 14.7. The highest BCUT2D eigenvalue weighted by atomic mass is 79.9. The molecule has 32 heavy (non-hydrogen) atoms. The number of methoxy groups -OCH3 is 3. The fourth-order valence-corrected chi connectivity index (χ4v) is 4.95. The van der Waals surface area contributed by atoms with Gasteiger partial charge in [-0.05, 0) is 40.1 Å². The number of nitrogens with zero attached hydrogens (tertiary/aromatic N) is 1. The number of carbonyl (C=O) groups excluding carboxylic acids is 4. The van der Waals surface area contributed by atoms with E-state index < -0.39 is 49.9 Å². The number of halogens is 1. The molecule has 0 radical (unpaired) electrons. The molecule has 0 bridgehead atoms. The lowest BCUT2D eigenvalue weighted by Gasteiger charge is -2.36. The van der Waals surface area contributed by atoms with Crippen molar-refractivity contribution in [3.63, 3.8) is 0 Å². The minimum Gasteiger partial charge on any atom is -0.468 e. The van der Waals surface area contributed by atoms with Crippen molar-refractivity contribution in [2.75, 3.05) is 21.3 Å². The van der Waals surface area contributed by atoms with Crippen LogP contribution in [0.1, 0.15) is 42.9 Å². The van der Waals surface area contributed by atoms with E-state index in [1.165, 1.54) is 4.57 Å². The first-order valence-corrected chi connectivity index (χ1v) is 13.7. The molecule has 0 fully saturated rings. The molecule has 1 unspecified atom stereocenters. The lowest BCUT2D eigenvalue weighted by Crippen LogP contribution is -2.40. The summed E-state index contributed by atoms with van der Waals surface area (Å²) in [5.41, 5.74) is 0.812. The van der Waals surface area contributed by atoms with Gasteiger partial charge in [-0.15, -0.1) is 0 Å². The maximum atomic E-state index is 13.4. The highest BCUT2D eigenvalue weighted by Gasteiger charge is 2.55. The predicted octanol–water partition coefficient (Wildman–Crippen LogP) is 3.26. The van der Waals surface area contributed by atoms with Crippen LogP contribution in [0.15, 0.2) is 10.5 Å². The van der Waals surface area contributed by atoms with E-state index in [0.717, 1.165) is 21.3 Å². The molecule has 2 heterocycles. The van der Waals surface area contributed by atoms with Crippen LogP contribution in [0.3, 0.4) is 0 Å². The third-order valence-corrected chi connectivity index (χ3v) is 11.5. The van der Waals surface area contributed by atoms with Crippen LogP contribution < -0.4 is 0 Å². The van der Waals surface area contributed by atoms with E-state index in [0.29, 0.717) is 15.9 Å². The Morgan fingerprint density at radius 1 is 1.09 bits per heavy atom. The van der Waals surface area contributed by atoms with Crippen LogP contribution in [0.25, 0.3) is 0 Å². The molecule has 2 atom stereocenters. The molecule has 0 saturated heterocycles. The zero-order chi connectivity index (χ0) is 24.6. The number of fused-ring (bicyclic) bond motifs is 1. The second-order valence-electron chi connectivity index (χ2n) is 9.14. The molecule has 0 spiro atoms. The second kappa shape index (κ2) is 9.48. The summed E-state index contributed by atoms with van der Waals surface area (Å²) in [4.78, 5) is 51.0. The number of rotatable bonds is 7. The first-order valence-electron chi connectivity index (χ1n) is 10.0. The Morgan fingerprint density at radius 2 is 1.62 bits per heavy atom. The van der Waals surface area contributed by atoms with E-state index in [4.69, 9.17) is 18.6 Å². The summed E-state index contributed by atoms with van der Waals surface area (Å²) >= 11 is 3.46. The van der Waals surface area contributed by atoms with Crippen LogP contribution in [0.5, 0.6) is 0 Å². The van der Waals surface area contributed by atoms with E-state index >= 15 is 0 Å². The van der Waals surface area contributed by atoms with Crippen LogP contribution >= 0.6 is 15.9 Å². The van der Waals surface area contributed by atoms with Gasteiger partial charge in [0.15, 0.2) is 14.2 Å². The molecule has 1 aromatic heterocycles. The molecule has 11 heteroatoms. The maximum Gasteiger partial charge on any atom is 0.320 e. The monoisotopic (exact) mass is 531 g/mol. The summed E-state index contributed by atoms with van der Waals surface area (Å²) in [5.74, 6) is -7.34. The fraction of sp³-hybridized carbons (Fsp3) is 0.619. The van der Waals surface area contributed by atoms with Crippen molar-refractivity contribution in [3.05, 3.63) is 21.9 Å². The number of hydrogen-bond acceptors (Lipinski definition) is 8. The quantitative estimate of drug-likeness (QED) is 0.228. The number of ether oxygens (including phenoxy) is 3. The summed E-state index contributed by atoms with van der Waals surface area (Å²) < 4.78 is 22.6. The molecule has 178 valence electrons. The molecule has 1 aromatic rings. The van der Waals surface area contributed by atoms with Gasteiger partial charge in [-0.2, -0.15) is 0 Å². The molecule has 0 N–H and O–H groups in total. The molecule has 0 aromatic carbocycles. The average molecular weight is 532 g/mol. The summed E-state index contributed by atoms with van der Waals surface area (Å²) in [6, 6.07) is 1.62. The minimum atomic E-state index is -2.16. The van der Waals surface area contributed by atoms with Gasteiger partial charge in [-0.1, -0.05) is 20.8 Å². The van der Waals surface area contributed by atoms with Gasteiger partial charge in [-0.3, -0.25) is 23.7 Å². The number of carbonyl (C=O) groups is 4. The van der Waals surface area contributed by atoms with Gasteiger partial charge in [-0.25, -0.2) is 0 Å². The highest BCUT2D eigenvalue weighted by molar-refractivity contribution is 9.10. The van der Waals surface area contributed by atoms with E-state index in [1.807, 2.05) is 0 Å². The fourth-order valence-electron chi connectivity index (χ4n) is 3.49. The SMILES string of the molecule is COC(=O)C(C(=O)OC)C1c2cc(Br)c(CO[Si](C)(C)C(C)(C)C)n2C(=O)[C@H]1C(=O)OC. The Labute approximate surface area is 197 Å². The van der Waals surface area contributed by atoms with Gasteiger partial charge < -0.3 is 18.6 Å². The topological polar surface area (TPSA) is 110 Å². The summed E-state index contributed by atoms with van der Waals surface area (Å²) in [5, 5.41) is -0.0537. The van der Waals surface area contributed by atoms with Crippen molar-refractivity contribution < 1.29 is 37.8 Å². The van der Waals surface area contributed by atoms with Crippen molar-refractivity contribution in [1.29, 1.82) is 0 Å². The van der Waals surface area contributed by atoms with Gasteiger partial charge in [0.05, 0.1) is 33.6 Å². The number of hydrogen-bond donors (Lipinski definition) is 0. The third kappa shape index (κ3) is 4.55. The first kappa shape index (κ1) is 26.3. The van der Waals surface area contributed by atoms with Gasteiger partial charge in [0.1, 0.15) is 5.92 Å². The van der Waals surface area contributed by atoms with Gasteiger partial charge in [0, 0.05) is 16.1 Å². The Bertz CT molecular complexity index is 917. The van der Waals surface area contributed by atoms with Gasteiger partial charge >= 0.3 is 17.9 Å². The largest absolute Gasteiger partial charge is 0.468 e. The summed E-state index contributed by atoms with van der Waals surface area (Å²) in [6.07, 6.45) is 0. The smallest absolute Gasteiger partial charge is 0.320 e. The highest BCUT2D eigenvalue weighted by Crippen LogP contribution is 2.45. The Kier molecular flexibility index (Phi) is 7.78. The minimum absolute atomic E-state index is 0.0537.